The van der Waals surface area contributed by atoms with Crippen molar-refractivity contribution in [2.45, 2.75) is 6.42 Å². The van der Waals surface area contributed by atoms with Gasteiger partial charge in [-0.15, -0.1) is 0 Å². The molecule has 0 saturated heterocycles. The molecule has 0 aromatic heterocycles. The Balaban J connectivity index is 2.56. The Morgan fingerprint density at radius 3 is 2.88 bits per heavy atom. The van der Waals surface area contributed by atoms with Crippen LogP contribution in [-0.4, -0.2) is 12.6 Å². The minimum absolute atomic E-state index is 0.261. The summed E-state index contributed by atoms with van der Waals surface area (Å²) in [6, 6.07) is 6.27. The molecule has 0 aliphatic rings. The molecule has 4 nitrogen and oxygen atoms in total. The Morgan fingerprint density at radius 1 is 1.44 bits per heavy atom. The molecule has 0 spiro atoms. The first kappa shape index (κ1) is 12.6. The Bertz CT molecular complexity index is 429. The molecule has 84 valence electrons. The highest BCUT2D eigenvalue weighted by Crippen LogP contribution is 2.25. The molecule has 0 bridgehead atoms. The van der Waals surface area contributed by atoms with Crippen molar-refractivity contribution >= 4 is 34.9 Å². The van der Waals surface area contributed by atoms with Crippen LogP contribution >= 0.6 is 23.2 Å². The van der Waals surface area contributed by atoms with Crippen LogP contribution in [0.2, 0.25) is 10.0 Å². The Hall–Kier alpha value is -1.44. The molecular formula is C10H9Cl2N3O. The van der Waals surface area contributed by atoms with Crippen LogP contribution in [-0.2, 0) is 0 Å². The van der Waals surface area contributed by atoms with E-state index in [1.165, 1.54) is 0 Å². The van der Waals surface area contributed by atoms with Crippen LogP contribution < -0.4 is 10.6 Å². The molecule has 2 amide bonds. The molecule has 1 aromatic carbocycles. The maximum Gasteiger partial charge on any atom is 0.319 e. The van der Waals surface area contributed by atoms with Crippen molar-refractivity contribution in [3.63, 3.8) is 0 Å². The van der Waals surface area contributed by atoms with E-state index in [2.05, 4.69) is 10.6 Å². The zero-order chi connectivity index (χ0) is 12.0. The molecule has 2 N–H and O–H groups in total. The highest BCUT2D eigenvalue weighted by molar-refractivity contribution is 6.35. The van der Waals surface area contributed by atoms with Crippen molar-refractivity contribution in [1.82, 2.24) is 5.32 Å². The number of anilines is 1. The number of hydrogen-bond acceptors (Lipinski definition) is 2. The van der Waals surface area contributed by atoms with Gasteiger partial charge in [-0.3, -0.25) is 0 Å². The number of nitrogens with one attached hydrogen (secondary N) is 2. The smallest absolute Gasteiger partial charge is 0.319 e. The highest BCUT2D eigenvalue weighted by Gasteiger charge is 2.05. The number of nitriles is 1. The third-order valence-electron chi connectivity index (χ3n) is 1.70. The van der Waals surface area contributed by atoms with E-state index >= 15 is 0 Å². The van der Waals surface area contributed by atoms with E-state index in [4.69, 9.17) is 28.5 Å². The second-order valence-electron chi connectivity index (χ2n) is 2.91. The van der Waals surface area contributed by atoms with Crippen molar-refractivity contribution in [2.75, 3.05) is 11.9 Å². The number of rotatable bonds is 3. The lowest BCUT2D eigenvalue weighted by Crippen LogP contribution is -2.29. The van der Waals surface area contributed by atoms with Crippen molar-refractivity contribution < 1.29 is 4.79 Å². The van der Waals surface area contributed by atoms with Crippen LogP contribution in [0.3, 0.4) is 0 Å². The van der Waals surface area contributed by atoms with E-state index in [1.807, 2.05) is 6.07 Å². The summed E-state index contributed by atoms with van der Waals surface area (Å²) < 4.78 is 0. The number of nitrogens with zero attached hydrogens (tertiary/aromatic N) is 1. The molecule has 6 heteroatoms. The number of carbonyl (C=O) groups excluding carboxylic acids is 1. The van der Waals surface area contributed by atoms with Crippen LogP contribution in [0.5, 0.6) is 0 Å². The molecule has 0 aliphatic carbocycles. The predicted octanol–water partition coefficient (Wildman–Crippen LogP) is 3.03. The summed E-state index contributed by atoms with van der Waals surface area (Å²) in [5.74, 6) is 0. The minimum atomic E-state index is -0.417. The molecule has 1 aromatic rings. The van der Waals surface area contributed by atoms with Crippen molar-refractivity contribution in [3.8, 4) is 6.07 Å². The normalized spacial score (nSPS) is 9.31. The largest absolute Gasteiger partial charge is 0.337 e. The van der Waals surface area contributed by atoms with Crippen LogP contribution in [0, 0.1) is 11.3 Å². The topological polar surface area (TPSA) is 64.9 Å². The Labute approximate surface area is 103 Å². The van der Waals surface area contributed by atoms with E-state index in [0.717, 1.165) is 0 Å². The van der Waals surface area contributed by atoms with Gasteiger partial charge in [-0.1, -0.05) is 23.2 Å². The van der Waals surface area contributed by atoms with E-state index in [-0.39, 0.29) is 6.42 Å². The average Bonchev–Trinajstić information content (AvgIpc) is 2.24. The van der Waals surface area contributed by atoms with Crippen LogP contribution in [0.15, 0.2) is 18.2 Å². The molecular weight excluding hydrogens is 249 g/mol. The summed E-state index contributed by atoms with van der Waals surface area (Å²) in [4.78, 5) is 11.3. The van der Waals surface area contributed by atoms with Gasteiger partial charge in [-0.2, -0.15) is 5.26 Å². The third-order valence-corrected chi connectivity index (χ3v) is 2.26. The second-order valence-corrected chi connectivity index (χ2v) is 3.76. The minimum Gasteiger partial charge on any atom is -0.337 e. The van der Waals surface area contributed by atoms with Gasteiger partial charge in [-0.25, -0.2) is 4.79 Å². The van der Waals surface area contributed by atoms with Gasteiger partial charge in [0, 0.05) is 11.6 Å². The van der Waals surface area contributed by atoms with E-state index < -0.39 is 6.03 Å². The fourth-order valence-corrected chi connectivity index (χ4v) is 1.33. The molecule has 0 aliphatic heterocycles. The predicted molar refractivity (Wildman–Crippen MR) is 63.7 cm³/mol. The number of halogens is 2. The lowest BCUT2D eigenvalue weighted by Gasteiger charge is -2.08. The number of urea groups is 1. The number of benzene rings is 1. The Kier molecular flexibility index (Phi) is 4.90. The average molecular weight is 258 g/mol. The fourth-order valence-electron chi connectivity index (χ4n) is 0.992. The second kappa shape index (κ2) is 6.21. The standard InChI is InChI=1S/C10H9Cl2N3O/c11-7-2-3-8(12)9(6-7)15-10(16)14-5-1-4-13/h2-3,6H,1,5H2,(H2,14,15,16). The van der Waals surface area contributed by atoms with Crippen molar-refractivity contribution in [3.05, 3.63) is 28.2 Å². The van der Waals surface area contributed by atoms with Crippen LogP contribution in [0.4, 0.5) is 10.5 Å². The van der Waals surface area contributed by atoms with Gasteiger partial charge in [0.25, 0.3) is 0 Å². The molecule has 0 heterocycles. The zero-order valence-corrected chi connectivity index (χ0v) is 9.77. The summed E-state index contributed by atoms with van der Waals surface area (Å²) >= 11 is 11.6. The van der Waals surface area contributed by atoms with E-state index in [0.29, 0.717) is 22.3 Å². The zero-order valence-electron chi connectivity index (χ0n) is 8.26. The summed E-state index contributed by atoms with van der Waals surface area (Å²) in [7, 11) is 0. The maximum atomic E-state index is 11.3. The van der Waals surface area contributed by atoms with E-state index in [9.17, 15) is 4.79 Å². The third kappa shape index (κ3) is 3.97. The SMILES string of the molecule is N#CCCNC(=O)Nc1cc(Cl)ccc1Cl. The molecule has 0 fully saturated rings. The molecule has 0 saturated carbocycles. The Morgan fingerprint density at radius 2 is 2.19 bits per heavy atom. The molecule has 16 heavy (non-hydrogen) atoms. The van der Waals surface area contributed by atoms with E-state index in [1.54, 1.807) is 18.2 Å². The molecule has 0 radical (unpaired) electrons. The first-order valence-corrected chi connectivity index (χ1v) is 5.26. The van der Waals surface area contributed by atoms with Gasteiger partial charge in [0.15, 0.2) is 0 Å². The molecule has 1 rings (SSSR count). The van der Waals surface area contributed by atoms with Crippen LogP contribution in [0.1, 0.15) is 6.42 Å². The van der Waals surface area contributed by atoms with Crippen LogP contribution in [0.25, 0.3) is 0 Å². The van der Waals surface area contributed by atoms with Gasteiger partial charge in [-0.05, 0) is 18.2 Å². The van der Waals surface area contributed by atoms with Gasteiger partial charge >= 0.3 is 6.03 Å². The highest BCUT2D eigenvalue weighted by atomic mass is 35.5. The summed E-state index contributed by atoms with van der Waals surface area (Å²) in [5.41, 5.74) is 0.434. The first-order chi connectivity index (χ1) is 7.63. The monoisotopic (exact) mass is 257 g/mol. The summed E-state index contributed by atoms with van der Waals surface area (Å²) in [6.07, 6.45) is 0.261. The van der Waals surface area contributed by atoms with Gasteiger partial charge in [0.2, 0.25) is 0 Å². The molecule has 0 atom stereocenters. The quantitative estimate of drug-likeness (QED) is 0.818. The fraction of sp³-hybridized carbons (Fsp3) is 0.200. The lowest BCUT2D eigenvalue weighted by molar-refractivity contribution is 0.252. The van der Waals surface area contributed by atoms with Crippen molar-refractivity contribution in [2.24, 2.45) is 0 Å². The number of amides is 2. The summed E-state index contributed by atoms with van der Waals surface area (Å²) in [6.45, 7) is 0.292. The maximum absolute atomic E-state index is 11.3. The van der Waals surface area contributed by atoms with Gasteiger partial charge in [0.1, 0.15) is 0 Å². The van der Waals surface area contributed by atoms with Crippen molar-refractivity contribution in [1.29, 1.82) is 5.26 Å². The summed E-state index contributed by atoms with van der Waals surface area (Å²) in [5, 5.41) is 14.2. The lowest BCUT2D eigenvalue weighted by atomic mass is 10.3. The first-order valence-electron chi connectivity index (χ1n) is 4.50. The molecule has 0 unspecified atom stereocenters. The van der Waals surface area contributed by atoms with Gasteiger partial charge in [0.05, 0.1) is 23.2 Å². The number of hydrogen-bond donors (Lipinski definition) is 2. The van der Waals surface area contributed by atoms with Gasteiger partial charge < -0.3 is 10.6 Å². The number of carbonyl (C=O) groups is 1.